The topological polar surface area (TPSA) is 107 Å². The van der Waals surface area contributed by atoms with Crippen molar-refractivity contribution in [2.24, 2.45) is 0 Å². The van der Waals surface area contributed by atoms with Crippen LogP contribution in [-0.4, -0.2) is 28.6 Å². The molecule has 3 aromatic heterocycles. The van der Waals surface area contributed by atoms with Crippen molar-refractivity contribution in [2.75, 3.05) is 6.54 Å². The van der Waals surface area contributed by atoms with Crippen molar-refractivity contribution in [1.29, 1.82) is 0 Å². The predicted molar refractivity (Wildman–Crippen MR) is 87.9 cm³/mol. The number of carbonyl (C=O) groups excluding carboxylic acids is 2. The largest absolute Gasteiger partial charge is 0.466 e. The number of hydrogen-bond acceptors (Lipinski definition) is 8. The average molecular weight is 361 g/mol. The molecule has 0 aliphatic carbocycles. The molecule has 0 saturated carbocycles. The average Bonchev–Trinajstić information content (AvgIpc) is 3.31. The van der Waals surface area contributed by atoms with Gasteiger partial charge < -0.3 is 18.9 Å². The van der Waals surface area contributed by atoms with Crippen molar-refractivity contribution in [2.45, 2.75) is 20.5 Å². The number of amides is 1. The van der Waals surface area contributed by atoms with Crippen molar-refractivity contribution in [3.63, 3.8) is 0 Å². The number of aromatic nitrogens is 2. The molecule has 0 fully saturated rings. The Morgan fingerprint density at radius 3 is 2.80 bits per heavy atom. The molecule has 1 N–H and O–H groups in total. The summed E-state index contributed by atoms with van der Waals surface area (Å²) in [6, 6.07) is 5.22. The summed E-state index contributed by atoms with van der Waals surface area (Å²) in [5.41, 5.74) is 0.700. The molecule has 0 unspecified atom stereocenters. The second-order valence-electron chi connectivity index (χ2n) is 5.15. The standard InChI is InChI=1S/C16H15N3O5S/c1-9-6-11(10(2)23-9)16-19-18-13(24-16)8-22-14(20)7-17-15(21)12-4-3-5-25-12/h3-6H,7-8H2,1-2H3,(H,17,21). The first-order valence-electron chi connectivity index (χ1n) is 7.40. The molecule has 9 heteroatoms. The molecule has 8 nitrogen and oxygen atoms in total. The fourth-order valence-electron chi connectivity index (χ4n) is 2.10. The number of ether oxygens (including phenoxy) is 1. The molecule has 25 heavy (non-hydrogen) atoms. The monoisotopic (exact) mass is 361 g/mol. The summed E-state index contributed by atoms with van der Waals surface area (Å²) in [7, 11) is 0. The summed E-state index contributed by atoms with van der Waals surface area (Å²) in [6.07, 6.45) is 0. The predicted octanol–water partition coefficient (Wildman–Crippen LogP) is 2.48. The van der Waals surface area contributed by atoms with Crippen molar-refractivity contribution >= 4 is 23.2 Å². The van der Waals surface area contributed by atoms with E-state index in [4.69, 9.17) is 13.6 Å². The third-order valence-electron chi connectivity index (χ3n) is 3.23. The maximum absolute atomic E-state index is 11.7. The molecule has 3 aromatic rings. The third-order valence-corrected chi connectivity index (χ3v) is 4.10. The number of rotatable bonds is 6. The zero-order chi connectivity index (χ0) is 17.8. The normalized spacial score (nSPS) is 10.6. The van der Waals surface area contributed by atoms with Gasteiger partial charge in [0.15, 0.2) is 6.61 Å². The van der Waals surface area contributed by atoms with Crippen LogP contribution in [0.4, 0.5) is 0 Å². The molecule has 0 spiro atoms. The molecular formula is C16H15N3O5S. The summed E-state index contributed by atoms with van der Waals surface area (Å²) < 4.78 is 15.9. The Kier molecular flexibility index (Phi) is 4.94. The molecular weight excluding hydrogens is 346 g/mol. The smallest absolute Gasteiger partial charge is 0.325 e. The van der Waals surface area contributed by atoms with Crippen molar-refractivity contribution in [1.82, 2.24) is 15.5 Å². The van der Waals surface area contributed by atoms with Crippen molar-refractivity contribution < 1.29 is 23.2 Å². The molecule has 0 aromatic carbocycles. The molecule has 0 aliphatic rings. The van der Waals surface area contributed by atoms with Gasteiger partial charge in [-0.05, 0) is 31.4 Å². The molecule has 3 rings (SSSR count). The quantitative estimate of drug-likeness (QED) is 0.672. The minimum Gasteiger partial charge on any atom is -0.466 e. The van der Waals surface area contributed by atoms with Crippen LogP contribution in [-0.2, 0) is 16.1 Å². The lowest BCUT2D eigenvalue weighted by molar-refractivity contribution is -0.144. The van der Waals surface area contributed by atoms with Gasteiger partial charge in [-0.25, -0.2) is 0 Å². The molecule has 130 valence electrons. The van der Waals surface area contributed by atoms with E-state index in [1.807, 2.05) is 6.92 Å². The van der Waals surface area contributed by atoms with E-state index in [0.717, 1.165) is 5.76 Å². The van der Waals surface area contributed by atoms with Crippen LogP contribution in [0.25, 0.3) is 11.5 Å². The van der Waals surface area contributed by atoms with Crippen molar-refractivity contribution in [3.05, 3.63) is 45.9 Å². The molecule has 0 atom stereocenters. The highest BCUT2D eigenvalue weighted by molar-refractivity contribution is 7.12. The van der Waals surface area contributed by atoms with Crippen LogP contribution >= 0.6 is 11.3 Å². The van der Waals surface area contributed by atoms with E-state index >= 15 is 0 Å². The van der Waals surface area contributed by atoms with E-state index in [1.165, 1.54) is 11.3 Å². The van der Waals surface area contributed by atoms with Gasteiger partial charge in [-0.3, -0.25) is 9.59 Å². The second-order valence-corrected chi connectivity index (χ2v) is 6.10. The Balaban J connectivity index is 1.49. The third kappa shape index (κ3) is 4.13. The molecule has 3 heterocycles. The van der Waals surface area contributed by atoms with Crippen LogP contribution in [0.15, 0.2) is 32.4 Å². The molecule has 1 amide bonds. The lowest BCUT2D eigenvalue weighted by Gasteiger charge is -2.03. The Morgan fingerprint density at radius 2 is 2.12 bits per heavy atom. The number of thiophene rings is 1. The molecule has 0 saturated heterocycles. The number of nitrogens with zero attached hydrogens (tertiary/aromatic N) is 2. The number of furan rings is 1. The Hall–Kier alpha value is -2.94. The Morgan fingerprint density at radius 1 is 1.28 bits per heavy atom. The van der Waals surface area contributed by atoms with Crippen LogP contribution in [0.3, 0.4) is 0 Å². The van der Waals surface area contributed by atoms with E-state index in [9.17, 15) is 9.59 Å². The van der Waals surface area contributed by atoms with Crippen LogP contribution in [0, 0.1) is 13.8 Å². The summed E-state index contributed by atoms with van der Waals surface area (Å²) in [5, 5.41) is 12.0. The highest BCUT2D eigenvalue weighted by Crippen LogP contribution is 2.25. The first-order valence-corrected chi connectivity index (χ1v) is 8.28. The van der Waals surface area contributed by atoms with Crippen LogP contribution in [0.1, 0.15) is 27.1 Å². The molecule has 0 bridgehead atoms. The zero-order valence-electron chi connectivity index (χ0n) is 13.6. The van der Waals surface area contributed by atoms with Gasteiger partial charge in [-0.1, -0.05) is 6.07 Å². The maximum Gasteiger partial charge on any atom is 0.325 e. The first kappa shape index (κ1) is 16.9. The minimum absolute atomic E-state index is 0.159. The Labute approximate surface area is 146 Å². The number of esters is 1. The first-order chi connectivity index (χ1) is 12.0. The van der Waals surface area contributed by atoms with Crippen LogP contribution < -0.4 is 5.32 Å². The summed E-state index contributed by atoms with van der Waals surface area (Å²) in [4.78, 5) is 23.9. The van der Waals surface area contributed by atoms with Crippen LogP contribution in [0.5, 0.6) is 0 Å². The van der Waals surface area contributed by atoms with Crippen LogP contribution in [0.2, 0.25) is 0 Å². The fourth-order valence-corrected chi connectivity index (χ4v) is 2.74. The van der Waals surface area contributed by atoms with Gasteiger partial charge in [0.25, 0.3) is 17.7 Å². The lowest BCUT2D eigenvalue weighted by Crippen LogP contribution is -2.30. The highest BCUT2D eigenvalue weighted by atomic mass is 32.1. The Bertz CT molecular complexity index is 882. The van der Waals surface area contributed by atoms with Gasteiger partial charge in [0.05, 0.1) is 10.4 Å². The van der Waals surface area contributed by atoms with Gasteiger partial charge >= 0.3 is 5.97 Å². The van der Waals surface area contributed by atoms with Gasteiger partial charge in [0, 0.05) is 0 Å². The number of hydrogen-bond donors (Lipinski definition) is 1. The number of aryl methyl sites for hydroxylation is 2. The summed E-state index contributed by atoms with van der Waals surface area (Å²) in [5.74, 6) is 0.941. The second kappa shape index (κ2) is 7.31. The van der Waals surface area contributed by atoms with E-state index in [-0.39, 0.29) is 24.9 Å². The van der Waals surface area contributed by atoms with Gasteiger partial charge in [0.1, 0.15) is 18.1 Å². The lowest BCUT2D eigenvalue weighted by atomic mass is 10.2. The van der Waals surface area contributed by atoms with E-state index < -0.39 is 5.97 Å². The molecule has 0 radical (unpaired) electrons. The summed E-state index contributed by atoms with van der Waals surface area (Å²) in [6.45, 7) is 3.21. The van der Waals surface area contributed by atoms with E-state index in [1.54, 1.807) is 30.5 Å². The van der Waals surface area contributed by atoms with Crippen molar-refractivity contribution in [3.8, 4) is 11.5 Å². The number of nitrogens with one attached hydrogen (secondary N) is 1. The van der Waals surface area contributed by atoms with E-state index in [2.05, 4.69) is 15.5 Å². The van der Waals surface area contributed by atoms with Gasteiger partial charge in [-0.15, -0.1) is 21.5 Å². The maximum atomic E-state index is 11.7. The molecule has 0 aliphatic heterocycles. The minimum atomic E-state index is -0.597. The fraction of sp³-hybridized carbons (Fsp3) is 0.250. The highest BCUT2D eigenvalue weighted by Gasteiger charge is 2.16. The SMILES string of the molecule is Cc1cc(-c2nnc(COC(=O)CNC(=O)c3cccs3)o2)c(C)o1. The van der Waals surface area contributed by atoms with Gasteiger partial charge in [-0.2, -0.15) is 0 Å². The van der Waals surface area contributed by atoms with Gasteiger partial charge in [0.2, 0.25) is 0 Å². The number of carbonyl (C=O) groups is 2. The summed E-state index contributed by atoms with van der Waals surface area (Å²) >= 11 is 1.29. The zero-order valence-corrected chi connectivity index (χ0v) is 14.4. The van der Waals surface area contributed by atoms with E-state index in [0.29, 0.717) is 22.1 Å².